The molecule has 0 aromatic heterocycles. The number of rotatable bonds is 5. The van der Waals surface area contributed by atoms with Crippen molar-refractivity contribution in [3.63, 3.8) is 0 Å². The monoisotopic (exact) mass is 355 g/mol. The molecule has 1 aliphatic carbocycles. The summed E-state index contributed by atoms with van der Waals surface area (Å²) in [6.07, 6.45) is 7.08. The van der Waals surface area contributed by atoms with Crippen molar-refractivity contribution in [2.45, 2.75) is 50.9 Å². The van der Waals surface area contributed by atoms with Crippen LogP contribution in [0.1, 0.15) is 50.2 Å². The third-order valence-electron chi connectivity index (χ3n) is 4.83. The van der Waals surface area contributed by atoms with Crippen LogP contribution in [0.4, 0.5) is 0 Å². The number of ether oxygens (including phenoxy) is 2. The summed E-state index contributed by atoms with van der Waals surface area (Å²) in [7, 11) is 3.39. The fourth-order valence-electron chi connectivity index (χ4n) is 3.69. The van der Waals surface area contributed by atoms with Gasteiger partial charge in [-0.1, -0.05) is 26.2 Å². The Hall–Kier alpha value is -0.740. The SMILES string of the molecule is CCc1c(C2(CN)CCCCC2)cc(Br)c(OC)c1OC. The Morgan fingerprint density at radius 2 is 1.76 bits per heavy atom. The minimum absolute atomic E-state index is 0.0890. The van der Waals surface area contributed by atoms with Crippen LogP contribution in [0, 0.1) is 0 Å². The van der Waals surface area contributed by atoms with E-state index < -0.39 is 0 Å². The molecule has 0 heterocycles. The predicted molar refractivity (Wildman–Crippen MR) is 90.4 cm³/mol. The van der Waals surface area contributed by atoms with Gasteiger partial charge in [0.05, 0.1) is 18.7 Å². The maximum atomic E-state index is 6.22. The van der Waals surface area contributed by atoms with Crippen molar-refractivity contribution in [2.75, 3.05) is 20.8 Å². The molecule has 2 rings (SSSR count). The van der Waals surface area contributed by atoms with Crippen LogP contribution in [0.5, 0.6) is 11.5 Å². The van der Waals surface area contributed by atoms with Crippen LogP contribution < -0.4 is 15.2 Å². The van der Waals surface area contributed by atoms with E-state index in [4.69, 9.17) is 15.2 Å². The Labute approximate surface area is 136 Å². The average molecular weight is 356 g/mol. The van der Waals surface area contributed by atoms with Crippen LogP contribution in [0.2, 0.25) is 0 Å². The quantitative estimate of drug-likeness (QED) is 0.860. The van der Waals surface area contributed by atoms with Crippen molar-refractivity contribution in [3.05, 3.63) is 21.7 Å². The lowest BCUT2D eigenvalue weighted by Gasteiger charge is -2.39. The van der Waals surface area contributed by atoms with Gasteiger partial charge in [-0.2, -0.15) is 0 Å². The normalized spacial score (nSPS) is 17.6. The minimum Gasteiger partial charge on any atom is -0.493 e. The Bertz CT molecular complexity index is 496. The highest BCUT2D eigenvalue weighted by Crippen LogP contribution is 2.48. The Morgan fingerprint density at radius 3 is 2.24 bits per heavy atom. The van der Waals surface area contributed by atoms with Crippen molar-refractivity contribution >= 4 is 15.9 Å². The second-order valence-corrected chi connectivity index (χ2v) is 6.70. The highest BCUT2D eigenvalue weighted by Gasteiger charge is 2.36. The van der Waals surface area contributed by atoms with E-state index in [1.54, 1.807) is 14.2 Å². The lowest BCUT2D eigenvalue weighted by molar-refractivity contribution is 0.294. The van der Waals surface area contributed by atoms with Crippen LogP contribution >= 0.6 is 15.9 Å². The largest absolute Gasteiger partial charge is 0.493 e. The van der Waals surface area contributed by atoms with Gasteiger partial charge in [0.1, 0.15) is 0 Å². The van der Waals surface area contributed by atoms with Gasteiger partial charge in [-0.3, -0.25) is 0 Å². The lowest BCUT2D eigenvalue weighted by atomic mass is 9.68. The Morgan fingerprint density at radius 1 is 1.14 bits per heavy atom. The van der Waals surface area contributed by atoms with E-state index in [-0.39, 0.29) is 5.41 Å². The molecule has 1 aliphatic rings. The summed E-state index contributed by atoms with van der Waals surface area (Å²) in [6.45, 7) is 2.86. The third-order valence-corrected chi connectivity index (χ3v) is 5.42. The van der Waals surface area contributed by atoms with E-state index in [1.807, 2.05) is 0 Å². The maximum absolute atomic E-state index is 6.22. The molecular weight excluding hydrogens is 330 g/mol. The number of hydrogen-bond donors (Lipinski definition) is 1. The van der Waals surface area contributed by atoms with Crippen LogP contribution in [0.25, 0.3) is 0 Å². The molecule has 2 N–H and O–H groups in total. The van der Waals surface area contributed by atoms with Crippen molar-refractivity contribution < 1.29 is 9.47 Å². The van der Waals surface area contributed by atoms with Gasteiger partial charge in [-0.25, -0.2) is 0 Å². The first kappa shape index (κ1) is 16.6. The molecule has 1 fully saturated rings. The molecule has 118 valence electrons. The maximum Gasteiger partial charge on any atom is 0.175 e. The van der Waals surface area contributed by atoms with Gasteiger partial charge < -0.3 is 15.2 Å². The third kappa shape index (κ3) is 2.93. The summed E-state index contributed by atoms with van der Waals surface area (Å²) in [5.74, 6) is 1.63. The molecule has 0 bridgehead atoms. The topological polar surface area (TPSA) is 44.5 Å². The number of halogens is 1. The summed E-state index contributed by atoms with van der Waals surface area (Å²) in [5.41, 5.74) is 8.89. The molecule has 21 heavy (non-hydrogen) atoms. The number of methoxy groups -OCH3 is 2. The Balaban J connectivity index is 2.64. The van der Waals surface area contributed by atoms with Gasteiger partial charge >= 0.3 is 0 Å². The zero-order chi connectivity index (χ0) is 15.5. The summed E-state index contributed by atoms with van der Waals surface area (Å²) in [4.78, 5) is 0. The van der Waals surface area contributed by atoms with Crippen LogP contribution in [-0.2, 0) is 11.8 Å². The second-order valence-electron chi connectivity index (χ2n) is 5.85. The molecule has 0 radical (unpaired) electrons. The molecule has 0 aliphatic heterocycles. The first-order chi connectivity index (χ1) is 10.1. The molecule has 3 nitrogen and oxygen atoms in total. The molecule has 0 saturated heterocycles. The van der Waals surface area contributed by atoms with E-state index in [2.05, 4.69) is 28.9 Å². The smallest absolute Gasteiger partial charge is 0.175 e. The number of benzene rings is 1. The van der Waals surface area contributed by atoms with Gasteiger partial charge in [0.15, 0.2) is 11.5 Å². The first-order valence-corrected chi connectivity index (χ1v) is 8.56. The summed E-state index contributed by atoms with van der Waals surface area (Å²) >= 11 is 3.64. The van der Waals surface area contributed by atoms with E-state index in [1.165, 1.54) is 43.2 Å². The zero-order valence-electron chi connectivity index (χ0n) is 13.3. The summed E-state index contributed by atoms with van der Waals surface area (Å²) < 4.78 is 12.1. The highest BCUT2D eigenvalue weighted by molar-refractivity contribution is 9.10. The van der Waals surface area contributed by atoms with Crippen LogP contribution in [0.3, 0.4) is 0 Å². The first-order valence-electron chi connectivity index (χ1n) is 7.77. The fourth-order valence-corrected chi connectivity index (χ4v) is 4.26. The van der Waals surface area contributed by atoms with E-state index >= 15 is 0 Å². The molecule has 0 spiro atoms. The predicted octanol–water partition coefficient (Wildman–Crippen LogP) is 4.19. The number of nitrogens with two attached hydrogens (primary N) is 1. The zero-order valence-corrected chi connectivity index (χ0v) is 14.9. The van der Waals surface area contributed by atoms with Crippen LogP contribution in [0.15, 0.2) is 10.5 Å². The second kappa shape index (κ2) is 7.01. The Kier molecular flexibility index (Phi) is 5.55. The fraction of sp³-hybridized carbons (Fsp3) is 0.647. The van der Waals surface area contributed by atoms with Gasteiger partial charge in [-0.15, -0.1) is 0 Å². The molecule has 0 amide bonds. The molecule has 1 saturated carbocycles. The van der Waals surface area contributed by atoms with Crippen molar-refractivity contribution in [1.82, 2.24) is 0 Å². The standard InChI is InChI=1S/C17H26BrNO2/c1-4-12-13(17(11-19)8-6-5-7-9-17)10-14(18)16(21-3)15(12)20-2/h10H,4-9,11,19H2,1-3H3. The molecule has 0 unspecified atom stereocenters. The lowest BCUT2D eigenvalue weighted by Crippen LogP contribution is -2.38. The average Bonchev–Trinajstić information content (AvgIpc) is 2.54. The molecular formula is C17H26BrNO2. The van der Waals surface area contributed by atoms with Crippen LogP contribution in [-0.4, -0.2) is 20.8 Å². The van der Waals surface area contributed by atoms with Gasteiger partial charge in [0.2, 0.25) is 0 Å². The van der Waals surface area contributed by atoms with Crippen molar-refractivity contribution in [2.24, 2.45) is 5.73 Å². The molecule has 4 heteroatoms. The molecule has 0 atom stereocenters. The summed E-state index contributed by atoms with van der Waals surface area (Å²) in [5, 5.41) is 0. The van der Waals surface area contributed by atoms with Gasteiger partial charge in [0, 0.05) is 17.5 Å². The van der Waals surface area contributed by atoms with E-state index in [0.29, 0.717) is 6.54 Å². The van der Waals surface area contributed by atoms with E-state index in [9.17, 15) is 0 Å². The van der Waals surface area contributed by atoms with Gasteiger partial charge in [0.25, 0.3) is 0 Å². The highest BCUT2D eigenvalue weighted by atomic mass is 79.9. The number of hydrogen-bond acceptors (Lipinski definition) is 3. The van der Waals surface area contributed by atoms with Gasteiger partial charge in [-0.05, 0) is 46.8 Å². The molecule has 1 aromatic rings. The van der Waals surface area contributed by atoms with E-state index in [0.717, 1.165) is 22.4 Å². The molecule has 1 aromatic carbocycles. The minimum atomic E-state index is 0.0890. The summed E-state index contributed by atoms with van der Waals surface area (Å²) in [6, 6.07) is 2.21. The van der Waals surface area contributed by atoms with Crippen molar-refractivity contribution in [3.8, 4) is 11.5 Å². The van der Waals surface area contributed by atoms with Crippen molar-refractivity contribution in [1.29, 1.82) is 0 Å².